The molecule has 0 aliphatic carbocycles. The topological polar surface area (TPSA) is 60.0 Å². The molecule has 0 fully saturated rings. The van der Waals surface area contributed by atoms with E-state index in [0.717, 1.165) is 31.9 Å². The van der Waals surface area contributed by atoms with Crippen molar-refractivity contribution in [1.29, 1.82) is 0 Å². The fraction of sp³-hybridized carbons (Fsp3) is 0.429. The molecule has 1 atom stereocenters. The number of nitrogens with zero attached hydrogens (tertiary/aromatic N) is 4. The van der Waals surface area contributed by atoms with Crippen LogP contribution in [0.25, 0.3) is 0 Å². The summed E-state index contributed by atoms with van der Waals surface area (Å²) in [5.74, 6) is 1.03. The van der Waals surface area contributed by atoms with Gasteiger partial charge < -0.3 is 15.2 Å². The Kier molecular flexibility index (Phi) is 3.21. The van der Waals surface area contributed by atoms with Gasteiger partial charge in [0, 0.05) is 24.8 Å². The molecule has 0 spiro atoms. The Morgan fingerprint density at radius 1 is 1.32 bits per heavy atom. The molecule has 1 aliphatic rings. The van der Waals surface area contributed by atoms with Crippen LogP contribution in [0.15, 0.2) is 30.6 Å². The van der Waals surface area contributed by atoms with Crippen molar-refractivity contribution in [2.24, 2.45) is 5.73 Å². The minimum atomic E-state index is 0.176. The molecular weight excluding hydrogens is 238 g/mol. The maximum absolute atomic E-state index is 5.94. The normalized spacial score (nSPS) is 16.2. The summed E-state index contributed by atoms with van der Waals surface area (Å²) in [6, 6.07) is 8.67. The number of aromatic nitrogens is 3. The third-order valence-corrected chi connectivity index (χ3v) is 3.51. The van der Waals surface area contributed by atoms with Crippen molar-refractivity contribution >= 4 is 5.69 Å². The van der Waals surface area contributed by atoms with Gasteiger partial charge in [0.15, 0.2) is 5.82 Å². The van der Waals surface area contributed by atoms with Crippen LogP contribution in [0.5, 0.6) is 0 Å². The fourth-order valence-electron chi connectivity index (χ4n) is 2.61. The predicted octanol–water partition coefficient (Wildman–Crippen LogP) is 1.19. The van der Waals surface area contributed by atoms with Crippen LogP contribution in [-0.4, -0.2) is 27.4 Å². The van der Waals surface area contributed by atoms with Gasteiger partial charge in [0.25, 0.3) is 0 Å². The summed E-state index contributed by atoms with van der Waals surface area (Å²) in [5.41, 5.74) is 8.52. The van der Waals surface area contributed by atoms with Crippen molar-refractivity contribution in [1.82, 2.24) is 14.8 Å². The zero-order valence-electron chi connectivity index (χ0n) is 11.2. The Balaban J connectivity index is 1.87. The molecular formula is C14H19N5. The zero-order valence-corrected chi connectivity index (χ0v) is 11.2. The van der Waals surface area contributed by atoms with E-state index in [4.69, 9.17) is 5.73 Å². The summed E-state index contributed by atoms with van der Waals surface area (Å²) in [7, 11) is 0. The molecule has 2 aromatic rings. The molecule has 5 heteroatoms. The van der Waals surface area contributed by atoms with E-state index >= 15 is 0 Å². The lowest BCUT2D eigenvalue weighted by Crippen LogP contribution is -2.34. The molecule has 5 nitrogen and oxygen atoms in total. The lowest BCUT2D eigenvalue weighted by Gasteiger charge is -2.31. The van der Waals surface area contributed by atoms with Gasteiger partial charge in [-0.1, -0.05) is 18.2 Å². The number of hydrogen-bond donors (Lipinski definition) is 1. The molecule has 0 amide bonds. The molecule has 3 rings (SSSR count). The molecule has 1 aromatic heterocycles. The van der Waals surface area contributed by atoms with Gasteiger partial charge in [0.2, 0.25) is 0 Å². The van der Waals surface area contributed by atoms with Gasteiger partial charge >= 0.3 is 0 Å². The minimum absolute atomic E-state index is 0.176. The van der Waals surface area contributed by atoms with E-state index in [-0.39, 0.29) is 6.04 Å². The summed E-state index contributed by atoms with van der Waals surface area (Å²) in [6.45, 7) is 4.79. The van der Waals surface area contributed by atoms with Gasteiger partial charge in [0.05, 0.1) is 6.54 Å². The quantitative estimate of drug-likeness (QED) is 0.897. The molecule has 2 N–H and O–H groups in total. The minimum Gasteiger partial charge on any atom is -0.362 e. The molecule has 100 valence electrons. The number of hydrogen-bond acceptors (Lipinski definition) is 4. The number of nitrogens with two attached hydrogens (primary N) is 1. The highest BCUT2D eigenvalue weighted by atomic mass is 15.3. The average molecular weight is 257 g/mol. The number of rotatable bonds is 3. The van der Waals surface area contributed by atoms with Crippen LogP contribution < -0.4 is 10.6 Å². The molecule has 0 saturated heterocycles. The fourth-order valence-corrected chi connectivity index (χ4v) is 2.61. The van der Waals surface area contributed by atoms with Crippen LogP contribution in [0.3, 0.4) is 0 Å². The number of para-hydroxylation sites is 1. The summed E-state index contributed by atoms with van der Waals surface area (Å²) in [5, 5.41) is 8.14. The van der Waals surface area contributed by atoms with Crippen molar-refractivity contribution in [3.63, 3.8) is 0 Å². The summed E-state index contributed by atoms with van der Waals surface area (Å²) in [6.07, 6.45) is 2.71. The third kappa shape index (κ3) is 2.46. The maximum atomic E-state index is 5.94. The van der Waals surface area contributed by atoms with Crippen LogP contribution in [0.4, 0.5) is 5.69 Å². The van der Waals surface area contributed by atoms with Gasteiger partial charge in [0.1, 0.15) is 6.33 Å². The van der Waals surface area contributed by atoms with E-state index in [1.807, 2.05) is 6.92 Å². The van der Waals surface area contributed by atoms with E-state index in [1.54, 1.807) is 6.33 Å². The second-order valence-corrected chi connectivity index (χ2v) is 5.17. The van der Waals surface area contributed by atoms with Crippen LogP contribution >= 0.6 is 0 Å². The van der Waals surface area contributed by atoms with Gasteiger partial charge in [-0.3, -0.25) is 0 Å². The van der Waals surface area contributed by atoms with E-state index in [2.05, 4.69) is 43.9 Å². The second-order valence-electron chi connectivity index (χ2n) is 5.17. The Bertz CT molecular complexity index is 560. The van der Waals surface area contributed by atoms with Gasteiger partial charge in [-0.15, -0.1) is 10.2 Å². The monoisotopic (exact) mass is 257 g/mol. The molecule has 19 heavy (non-hydrogen) atoms. The Labute approximate surface area is 113 Å². The number of benzene rings is 1. The Hall–Kier alpha value is -1.88. The maximum Gasteiger partial charge on any atom is 0.152 e. The van der Waals surface area contributed by atoms with E-state index < -0.39 is 0 Å². The van der Waals surface area contributed by atoms with Crippen molar-refractivity contribution in [3.05, 3.63) is 42.0 Å². The SMILES string of the molecule is CC(N)Cc1ccccc1N1CCn2cnnc2C1. The average Bonchev–Trinajstić information content (AvgIpc) is 2.86. The van der Waals surface area contributed by atoms with Crippen molar-refractivity contribution in [3.8, 4) is 0 Å². The highest BCUT2D eigenvalue weighted by molar-refractivity contribution is 5.54. The lowest BCUT2D eigenvalue weighted by molar-refractivity contribution is 0.558. The highest BCUT2D eigenvalue weighted by Gasteiger charge is 2.19. The predicted molar refractivity (Wildman–Crippen MR) is 74.9 cm³/mol. The van der Waals surface area contributed by atoms with Gasteiger partial charge in [-0.2, -0.15) is 0 Å². The largest absolute Gasteiger partial charge is 0.362 e. The molecule has 2 heterocycles. The molecule has 1 aliphatic heterocycles. The van der Waals surface area contributed by atoms with Crippen molar-refractivity contribution in [2.45, 2.75) is 32.5 Å². The zero-order chi connectivity index (χ0) is 13.2. The summed E-state index contributed by atoms with van der Waals surface area (Å²) >= 11 is 0. The number of fused-ring (bicyclic) bond motifs is 1. The van der Waals surface area contributed by atoms with Gasteiger partial charge in [-0.25, -0.2) is 0 Å². The first-order valence-electron chi connectivity index (χ1n) is 6.69. The van der Waals surface area contributed by atoms with Crippen LogP contribution in [0, 0.1) is 0 Å². The highest BCUT2D eigenvalue weighted by Crippen LogP contribution is 2.25. The lowest BCUT2D eigenvalue weighted by atomic mass is 10.0. The number of anilines is 1. The first kappa shape index (κ1) is 12.2. The Morgan fingerprint density at radius 3 is 3.00 bits per heavy atom. The van der Waals surface area contributed by atoms with E-state index in [0.29, 0.717) is 0 Å². The van der Waals surface area contributed by atoms with Crippen molar-refractivity contribution < 1.29 is 0 Å². The summed E-state index contributed by atoms with van der Waals surface area (Å²) in [4.78, 5) is 2.36. The first-order chi connectivity index (χ1) is 9.24. The van der Waals surface area contributed by atoms with Crippen LogP contribution in [-0.2, 0) is 19.5 Å². The standard InChI is InChI=1S/C14H19N5/c1-11(15)8-12-4-2-3-5-13(12)18-6-7-19-10-16-17-14(19)9-18/h2-5,10-11H,6-9,15H2,1H3. The third-order valence-electron chi connectivity index (χ3n) is 3.51. The Morgan fingerprint density at radius 2 is 2.16 bits per heavy atom. The molecule has 0 bridgehead atoms. The molecule has 0 saturated carbocycles. The van der Waals surface area contributed by atoms with E-state index in [1.165, 1.54) is 11.3 Å². The smallest absolute Gasteiger partial charge is 0.152 e. The van der Waals surface area contributed by atoms with Gasteiger partial charge in [-0.05, 0) is 25.0 Å². The van der Waals surface area contributed by atoms with Crippen molar-refractivity contribution in [2.75, 3.05) is 11.4 Å². The van der Waals surface area contributed by atoms with E-state index in [9.17, 15) is 0 Å². The first-order valence-corrected chi connectivity index (χ1v) is 6.69. The van der Waals surface area contributed by atoms with Crippen LogP contribution in [0.1, 0.15) is 18.3 Å². The summed E-state index contributed by atoms with van der Waals surface area (Å²) < 4.78 is 2.12. The molecule has 1 aromatic carbocycles. The van der Waals surface area contributed by atoms with Crippen LogP contribution in [0.2, 0.25) is 0 Å². The molecule has 0 radical (unpaired) electrons. The second kappa shape index (κ2) is 5.01. The molecule has 1 unspecified atom stereocenters.